The first-order valence-electron chi connectivity index (χ1n) is 12.5. The third-order valence-electron chi connectivity index (χ3n) is 5.99. The number of carbonyl (C=O) groups excluding carboxylic acids is 3. The van der Waals surface area contributed by atoms with Crippen LogP contribution < -0.4 is 10.6 Å². The maximum atomic E-state index is 13.0. The lowest BCUT2D eigenvalue weighted by Gasteiger charge is -2.33. The number of amides is 3. The van der Waals surface area contributed by atoms with Gasteiger partial charge in [0.15, 0.2) is 0 Å². The highest BCUT2D eigenvalue weighted by Crippen LogP contribution is 2.22. The van der Waals surface area contributed by atoms with Crippen molar-refractivity contribution in [3.8, 4) is 0 Å². The Morgan fingerprint density at radius 2 is 1.58 bits per heavy atom. The molecule has 1 heterocycles. The SMILES string of the molecule is CC(C)(C)OC(=O)N1CCC(CCNC(=O)[C@H](NC(=O)OCc2ccccc2)c2ccccc2)CC1. The number of piperidine rings is 1. The third-order valence-corrected chi connectivity index (χ3v) is 5.99. The number of likely N-dealkylation sites (tertiary alicyclic amines) is 1. The maximum Gasteiger partial charge on any atom is 0.410 e. The van der Waals surface area contributed by atoms with Gasteiger partial charge >= 0.3 is 12.2 Å². The summed E-state index contributed by atoms with van der Waals surface area (Å²) in [5.74, 6) is 0.118. The minimum Gasteiger partial charge on any atom is -0.445 e. The fourth-order valence-corrected chi connectivity index (χ4v) is 4.06. The van der Waals surface area contributed by atoms with Crippen LogP contribution in [0.2, 0.25) is 0 Å². The third kappa shape index (κ3) is 8.91. The van der Waals surface area contributed by atoms with Crippen LogP contribution in [-0.4, -0.2) is 48.2 Å². The summed E-state index contributed by atoms with van der Waals surface area (Å²) < 4.78 is 10.8. The smallest absolute Gasteiger partial charge is 0.410 e. The van der Waals surface area contributed by atoms with Crippen molar-refractivity contribution in [2.24, 2.45) is 5.92 Å². The zero-order valence-corrected chi connectivity index (χ0v) is 21.4. The summed E-state index contributed by atoms with van der Waals surface area (Å²) in [5.41, 5.74) is 1.04. The number of alkyl carbamates (subject to hydrolysis) is 1. The minimum absolute atomic E-state index is 0.123. The first-order chi connectivity index (χ1) is 17.2. The minimum atomic E-state index is -0.858. The van der Waals surface area contributed by atoms with Gasteiger partial charge in [0.1, 0.15) is 18.2 Å². The molecule has 0 aromatic heterocycles. The maximum absolute atomic E-state index is 13.0. The Bertz CT molecular complexity index is 983. The molecular formula is C28H37N3O5. The predicted octanol–water partition coefficient (Wildman–Crippen LogP) is 4.81. The Balaban J connectivity index is 1.46. The Morgan fingerprint density at radius 3 is 2.19 bits per heavy atom. The van der Waals surface area contributed by atoms with Crippen molar-refractivity contribution < 1.29 is 23.9 Å². The van der Waals surface area contributed by atoms with Crippen LogP contribution in [0.3, 0.4) is 0 Å². The lowest BCUT2D eigenvalue weighted by Crippen LogP contribution is -2.43. The molecule has 0 saturated carbocycles. The highest BCUT2D eigenvalue weighted by Gasteiger charge is 2.27. The molecule has 0 spiro atoms. The summed E-state index contributed by atoms with van der Waals surface area (Å²) in [4.78, 5) is 39.5. The largest absolute Gasteiger partial charge is 0.445 e. The van der Waals surface area contributed by atoms with Crippen LogP contribution in [0.4, 0.5) is 9.59 Å². The number of rotatable bonds is 8. The highest BCUT2D eigenvalue weighted by atomic mass is 16.6. The first-order valence-corrected chi connectivity index (χ1v) is 12.5. The second-order valence-corrected chi connectivity index (χ2v) is 10.0. The molecular weight excluding hydrogens is 458 g/mol. The molecule has 1 fully saturated rings. The van der Waals surface area contributed by atoms with E-state index < -0.39 is 17.7 Å². The van der Waals surface area contributed by atoms with Crippen LogP contribution in [0.25, 0.3) is 0 Å². The molecule has 2 aromatic carbocycles. The fourth-order valence-electron chi connectivity index (χ4n) is 4.06. The van der Waals surface area contributed by atoms with Crippen molar-refractivity contribution in [3.05, 3.63) is 71.8 Å². The van der Waals surface area contributed by atoms with Gasteiger partial charge in [-0.2, -0.15) is 0 Å². The average Bonchev–Trinajstić information content (AvgIpc) is 2.86. The van der Waals surface area contributed by atoms with Gasteiger partial charge in [-0.3, -0.25) is 4.79 Å². The quantitative estimate of drug-likeness (QED) is 0.548. The van der Waals surface area contributed by atoms with Gasteiger partial charge in [-0.25, -0.2) is 9.59 Å². The molecule has 8 heteroatoms. The molecule has 3 amide bonds. The molecule has 2 aromatic rings. The van der Waals surface area contributed by atoms with Crippen LogP contribution in [0, 0.1) is 5.92 Å². The first kappa shape index (κ1) is 27.0. The van der Waals surface area contributed by atoms with E-state index in [4.69, 9.17) is 9.47 Å². The van der Waals surface area contributed by atoms with E-state index in [0.717, 1.165) is 24.8 Å². The van der Waals surface area contributed by atoms with Crippen molar-refractivity contribution in [2.45, 2.75) is 58.3 Å². The summed E-state index contributed by atoms with van der Waals surface area (Å²) in [6, 6.07) is 17.6. The lowest BCUT2D eigenvalue weighted by atomic mass is 9.93. The standard InChI is InChI=1S/C28H37N3O5/c1-28(2,3)36-27(34)31-18-15-21(16-19-31)14-17-29-25(32)24(23-12-8-5-9-13-23)30-26(33)35-20-22-10-6-4-7-11-22/h4-13,21,24H,14-20H2,1-3H3,(H,29,32)(H,30,33)/t24-/m1/s1. The van der Waals surface area contributed by atoms with Crippen molar-refractivity contribution >= 4 is 18.1 Å². The normalized spacial score (nSPS) is 15.0. The van der Waals surface area contributed by atoms with Gasteiger partial charge in [-0.1, -0.05) is 60.7 Å². The molecule has 36 heavy (non-hydrogen) atoms. The van der Waals surface area contributed by atoms with Crippen molar-refractivity contribution in [2.75, 3.05) is 19.6 Å². The van der Waals surface area contributed by atoms with Gasteiger partial charge in [0.25, 0.3) is 0 Å². The Morgan fingerprint density at radius 1 is 0.972 bits per heavy atom. The van der Waals surface area contributed by atoms with Gasteiger partial charge in [0, 0.05) is 19.6 Å². The molecule has 0 unspecified atom stereocenters. The van der Waals surface area contributed by atoms with Gasteiger partial charge < -0.3 is 25.0 Å². The van der Waals surface area contributed by atoms with Crippen molar-refractivity contribution in [1.29, 1.82) is 0 Å². The predicted molar refractivity (Wildman–Crippen MR) is 137 cm³/mol. The molecule has 1 saturated heterocycles. The van der Waals surface area contributed by atoms with E-state index in [1.807, 2.05) is 69.3 Å². The molecule has 8 nitrogen and oxygen atoms in total. The molecule has 0 aliphatic carbocycles. The van der Waals surface area contributed by atoms with E-state index in [-0.39, 0.29) is 18.6 Å². The summed E-state index contributed by atoms with van der Waals surface area (Å²) in [6.07, 6.45) is 1.60. The summed E-state index contributed by atoms with van der Waals surface area (Å²) >= 11 is 0. The second-order valence-electron chi connectivity index (χ2n) is 10.0. The van der Waals surface area contributed by atoms with E-state index >= 15 is 0 Å². The van der Waals surface area contributed by atoms with E-state index in [0.29, 0.717) is 31.1 Å². The van der Waals surface area contributed by atoms with Gasteiger partial charge in [0.05, 0.1) is 0 Å². The Labute approximate surface area is 213 Å². The summed E-state index contributed by atoms with van der Waals surface area (Å²) in [6.45, 7) is 7.49. The summed E-state index contributed by atoms with van der Waals surface area (Å²) in [5, 5.41) is 5.66. The molecule has 1 aliphatic heterocycles. The molecule has 0 bridgehead atoms. The van der Waals surface area contributed by atoms with Crippen molar-refractivity contribution in [1.82, 2.24) is 15.5 Å². The van der Waals surface area contributed by atoms with Gasteiger partial charge in [-0.05, 0) is 57.1 Å². The zero-order valence-electron chi connectivity index (χ0n) is 21.4. The van der Waals surface area contributed by atoms with E-state index in [9.17, 15) is 14.4 Å². The fraction of sp³-hybridized carbons (Fsp3) is 0.464. The Kier molecular flexibility index (Phi) is 9.73. The lowest BCUT2D eigenvalue weighted by molar-refractivity contribution is -0.123. The van der Waals surface area contributed by atoms with E-state index in [1.165, 1.54) is 0 Å². The molecule has 3 rings (SSSR count). The second kappa shape index (κ2) is 13.0. The molecule has 194 valence electrons. The molecule has 1 aliphatic rings. The number of carbonyl (C=O) groups is 3. The van der Waals surface area contributed by atoms with Gasteiger partial charge in [0.2, 0.25) is 5.91 Å². The Hall–Kier alpha value is -3.55. The topological polar surface area (TPSA) is 97.0 Å². The van der Waals surface area contributed by atoms with Crippen LogP contribution in [0.1, 0.15) is 57.2 Å². The zero-order chi connectivity index (χ0) is 26.0. The van der Waals surface area contributed by atoms with Crippen molar-refractivity contribution in [3.63, 3.8) is 0 Å². The summed E-state index contributed by atoms with van der Waals surface area (Å²) in [7, 11) is 0. The number of hydrogen-bond acceptors (Lipinski definition) is 5. The van der Waals surface area contributed by atoms with Crippen LogP contribution >= 0.6 is 0 Å². The van der Waals surface area contributed by atoms with Gasteiger partial charge in [-0.15, -0.1) is 0 Å². The number of hydrogen-bond donors (Lipinski definition) is 2. The number of ether oxygens (including phenoxy) is 2. The average molecular weight is 496 g/mol. The number of nitrogens with one attached hydrogen (secondary N) is 2. The number of benzene rings is 2. The monoisotopic (exact) mass is 495 g/mol. The van der Waals surface area contributed by atoms with E-state index in [1.54, 1.807) is 17.0 Å². The van der Waals surface area contributed by atoms with Crippen LogP contribution in [0.5, 0.6) is 0 Å². The molecule has 0 radical (unpaired) electrons. The highest BCUT2D eigenvalue weighted by molar-refractivity contribution is 5.86. The molecule has 1 atom stereocenters. The van der Waals surface area contributed by atoms with Crippen LogP contribution in [-0.2, 0) is 20.9 Å². The molecule has 2 N–H and O–H groups in total. The number of nitrogens with zero attached hydrogens (tertiary/aromatic N) is 1. The van der Waals surface area contributed by atoms with E-state index in [2.05, 4.69) is 10.6 Å². The van der Waals surface area contributed by atoms with Crippen LogP contribution in [0.15, 0.2) is 60.7 Å².